The number of nitrogens with zero attached hydrogens (tertiary/aromatic N) is 1. The van der Waals surface area contributed by atoms with Gasteiger partial charge < -0.3 is 10.7 Å². The van der Waals surface area contributed by atoms with Crippen molar-refractivity contribution in [1.29, 1.82) is 0 Å². The van der Waals surface area contributed by atoms with E-state index in [1.807, 2.05) is 49.4 Å². The van der Waals surface area contributed by atoms with Gasteiger partial charge in [0.2, 0.25) is 11.9 Å². The Morgan fingerprint density at radius 1 is 1.12 bits per heavy atom. The van der Waals surface area contributed by atoms with Crippen molar-refractivity contribution in [2.75, 3.05) is 5.32 Å². The van der Waals surface area contributed by atoms with Crippen molar-refractivity contribution >= 4 is 11.9 Å². The molecule has 1 amide bonds. The second-order valence-corrected chi connectivity index (χ2v) is 5.78. The van der Waals surface area contributed by atoms with Crippen molar-refractivity contribution in [3.05, 3.63) is 72.1 Å². The first-order valence-corrected chi connectivity index (χ1v) is 7.84. The van der Waals surface area contributed by atoms with E-state index in [0.29, 0.717) is 12.4 Å². The number of nitrogens with one attached hydrogen (secondary N) is 2. The number of amides is 1. The number of hydrogen-bond donors (Lipinski definition) is 3. The molecule has 1 unspecified atom stereocenters. The highest BCUT2D eigenvalue weighted by molar-refractivity contribution is 5.93. The molecule has 3 rings (SSSR count). The Bertz CT molecular complexity index is 809. The molecule has 5 nitrogen and oxygen atoms in total. The first-order valence-electron chi connectivity index (χ1n) is 7.84. The van der Waals surface area contributed by atoms with Gasteiger partial charge in [0.25, 0.3) is 0 Å². The van der Waals surface area contributed by atoms with Crippen LogP contribution in [-0.2, 0) is 11.2 Å². The lowest BCUT2D eigenvalue weighted by Crippen LogP contribution is -2.37. The predicted octanol–water partition coefficient (Wildman–Crippen LogP) is 2.89. The van der Waals surface area contributed by atoms with E-state index in [0.717, 1.165) is 16.8 Å². The predicted molar refractivity (Wildman–Crippen MR) is 95.5 cm³/mol. The average molecular weight is 320 g/mol. The summed E-state index contributed by atoms with van der Waals surface area (Å²) in [4.78, 5) is 19.1. The number of hydrogen-bond acceptors (Lipinski definition) is 3. The van der Waals surface area contributed by atoms with Crippen LogP contribution in [0.2, 0.25) is 0 Å². The van der Waals surface area contributed by atoms with Gasteiger partial charge in [-0.1, -0.05) is 54.6 Å². The van der Waals surface area contributed by atoms with Crippen LogP contribution in [0, 0.1) is 6.92 Å². The SMILES string of the molecule is Cc1cnc(NC(=O)C(N)Cc2ccc(-c3ccccc3)cc2)[nH]1. The first kappa shape index (κ1) is 16.0. The first-order chi connectivity index (χ1) is 11.6. The minimum atomic E-state index is -0.627. The van der Waals surface area contributed by atoms with E-state index in [1.165, 1.54) is 5.56 Å². The van der Waals surface area contributed by atoms with Gasteiger partial charge in [-0.2, -0.15) is 0 Å². The van der Waals surface area contributed by atoms with Crippen LogP contribution in [0.5, 0.6) is 0 Å². The molecule has 0 bridgehead atoms. The Morgan fingerprint density at radius 2 is 1.79 bits per heavy atom. The molecule has 1 aromatic heterocycles. The average Bonchev–Trinajstić information content (AvgIpc) is 3.01. The van der Waals surface area contributed by atoms with Crippen molar-refractivity contribution < 1.29 is 4.79 Å². The molecule has 1 atom stereocenters. The summed E-state index contributed by atoms with van der Waals surface area (Å²) in [5, 5.41) is 2.69. The molecule has 4 N–H and O–H groups in total. The summed E-state index contributed by atoms with van der Waals surface area (Å²) in [7, 11) is 0. The van der Waals surface area contributed by atoms with E-state index in [2.05, 4.69) is 27.4 Å². The molecule has 0 saturated heterocycles. The smallest absolute Gasteiger partial charge is 0.243 e. The molecule has 0 fully saturated rings. The van der Waals surface area contributed by atoms with Crippen LogP contribution in [-0.4, -0.2) is 21.9 Å². The van der Waals surface area contributed by atoms with Gasteiger partial charge in [0.05, 0.1) is 6.04 Å². The van der Waals surface area contributed by atoms with Gasteiger partial charge in [0.1, 0.15) is 0 Å². The third kappa shape index (κ3) is 3.88. The zero-order valence-electron chi connectivity index (χ0n) is 13.5. The molecule has 2 aromatic carbocycles. The summed E-state index contributed by atoms with van der Waals surface area (Å²) < 4.78 is 0. The number of aryl methyl sites for hydroxylation is 1. The number of nitrogens with two attached hydrogens (primary N) is 1. The molecule has 3 aromatic rings. The van der Waals surface area contributed by atoms with Crippen LogP contribution in [0.4, 0.5) is 5.95 Å². The number of aromatic amines is 1. The number of carbonyl (C=O) groups is 1. The normalized spacial score (nSPS) is 11.9. The lowest BCUT2D eigenvalue weighted by atomic mass is 10.0. The lowest BCUT2D eigenvalue weighted by Gasteiger charge is -2.11. The highest BCUT2D eigenvalue weighted by Gasteiger charge is 2.15. The maximum absolute atomic E-state index is 12.1. The summed E-state index contributed by atoms with van der Waals surface area (Å²) in [6.45, 7) is 1.87. The van der Waals surface area contributed by atoms with Crippen molar-refractivity contribution in [3.8, 4) is 11.1 Å². The largest absolute Gasteiger partial charge is 0.328 e. The van der Waals surface area contributed by atoms with Gasteiger partial charge >= 0.3 is 0 Å². The zero-order valence-corrected chi connectivity index (χ0v) is 13.5. The molecule has 0 aliphatic rings. The summed E-state index contributed by atoms with van der Waals surface area (Å²) >= 11 is 0. The number of benzene rings is 2. The fourth-order valence-corrected chi connectivity index (χ4v) is 2.50. The Balaban J connectivity index is 1.62. The summed E-state index contributed by atoms with van der Waals surface area (Å²) in [5.74, 6) is 0.170. The molecule has 1 heterocycles. The fourth-order valence-electron chi connectivity index (χ4n) is 2.50. The maximum Gasteiger partial charge on any atom is 0.243 e. The monoisotopic (exact) mass is 320 g/mol. The number of rotatable bonds is 5. The lowest BCUT2D eigenvalue weighted by molar-refractivity contribution is -0.117. The van der Waals surface area contributed by atoms with Crippen LogP contribution in [0.1, 0.15) is 11.3 Å². The molecule has 0 spiro atoms. The molecule has 5 heteroatoms. The Morgan fingerprint density at radius 3 is 2.42 bits per heavy atom. The summed E-state index contributed by atoms with van der Waals surface area (Å²) in [6, 6.07) is 17.6. The van der Waals surface area contributed by atoms with Crippen LogP contribution in [0.3, 0.4) is 0 Å². The second kappa shape index (κ2) is 7.10. The third-order valence-electron chi connectivity index (χ3n) is 3.80. The Hall–Kier alpha value is -2.92. The molecule has 122 valence electrons. The molecular weight excluding hydrogens is 300 g/mol. The highest BCUT2D eigenvalue weighted by Crippen LogP contribution is 2.19. The van der Waals surface area contributed by atoms with E-state index < -0.39 is 6.04 Å². The summed E-state index contributed by atoms with van der Waals surface area (Å²) in [6.07, 6.45) is 2.13. The number of H-pyrrole nitrogens is 1. The summed E-state index contributed by atoms with van der Waals surface area (Å²) in [5.41, 5.74) is 10.2. The van der Waals surface area contributed by atoms with E-state index in [1.54, 1.807) is 6.20 Å². The number of anilines is 1. The number of carbonyl (C=O) groups excluding carboxylic acids is 1. The molecule has 0 saturated carbocycles. The van der Waals surface area contributed by atoms with Crippen LogP contribution >= 0.6 is 0 Å². The van der Waals surface area contributed by atoms with Gasteiger partial charge in [-0.15, -0.1) is 0 Å². The van der Waals surface area contributed by atoms with Crippen LogP contribution in [0.25, 0.3) is 11.1 Å². The fraction of sp³-hybridized carbons (Fsp3) is 0.158. The second-order valence-electron chi connectivity index (χ2n) is 5.78. The van der Waals surface area contributed by atoms with Gasteiger partial charge in [-0.05, 0) is 30.0 Å². The maximum atomic E-state index is 12.1. The van der Waals surface area contributed by atoms with Gasteiger partial charge in [0, 0.05) is 11.9 Å². The van der Waals surface area contributed by atoms with Crippen molar-refractivity contribution in [1.82, 2.24) is 9.97 Å². The standard InChI is InChI=1S/C19H20N4O/c1-13-12-21-19(22-13)23-18(24)17(20)11-14-7-9-16(10-8-14)15-5-3-2-4-6-15/h2-10,12,17H,11,20H2,1H3,(H2,21,22,23,24). The van der Waals surface area contributed by atoms with Crippen molar-refractivity contribution in [3.63, 3.8) is 0 Å². The van der Waals surface area contributed by atoms with E-state index >= 15 is 0 Å². The quantitative estimate of drug-likeness (QED) is 0.676. The Labute approximate surface area is 140 Å². The minimum Gasteiger partial charge on any atom is -0.328 e. The Kier molecular flexibility index (Phi) is 4.72. The third-order valence-corrected chi connectivity index (χ3v) is 3.80. The van der Waals surface area contributed by atoms with Crippen molar-refractivity contribution in [2.24, 2.45) is 5.73 Å². The van der Waals surface area contributed by atoms with Crippen molar-refractivity contribution in [2.45, 2.75) is 19.4 Å². The molecule has 0 aliphatic heterocycles. The molecule has 0 aliphatic carbocycles. The van der Waals surface area contributed by atoms with Crippen LogP contribution in [0.15, 0.2) is 60.8 Å². The zero-order chi connectivity index (χ0) is 16.9. The molecule has 0 radical (unpaired) electrons. The van der Waals surface area contributed by atoms with Gasteiger partial charge in [-0.25, -0.2) is 4.98 Å². The van der Waals surface area contributed by atoms with Gasteiger partial charge in [-0.3, -0.25) is 10.1 Å². The number of imidazole rings is 1. The molecule has 24 heavy (non-hydrogen) atoms. The van der Waals surface area contributed by atoms with E-state index in [9.17, 15) is 4.79 Å². The van der Waals surface area contributed by atoms with Crippen LogP contribution < -0.4 is 11.1 Å². The van der Waals surface area contributed by atoms with Gasteiger partial charge in [0.15, 0.2) is 0 Å². The topological polar surface area (TPSA) is 83.8 Å². The molecular formula is C19H20N4O. The number of aromatic nitrogens is 2. The minimum absolute atomic E-state index is 0.253. The van der Waals surface area contributed by atoms with E-state index in [-0.39, 0.29) is 5.91 Å². The highest BCUT2D eigenvalue weighted by atomic mass is 16.2. The van der Waals surface area contributed by atoms with E-state index in [4.69, 9.17) is 5.73 Å².